The predicted octanol–water partition coefficient (Wildman–Crippen LogP) is 2.24. The first kappa shape index (κ1) is 11.9. The van der Waals surface area contributed by atoms with Gasteiger partial charge < -0.3 is 15.4 Å². The van der Waals surface area contributed by atoms with Gasteiger partial charge in [0.1, 0.15) is 0 Å². The third-order valence-corrected chi connectivity index (χ3v) is 2.78. The van der Waals surface area contributed by atoms with E-state index >= 15 is 0 Å². The Bertz CT molecular complexity index is 387. The van der Waals surface area contributed by atoms with E-state index in [1.165, 1.54) is 6.92 Å². The fourth-order valence-electron chi connectivity index (χ4n) is 1.97. The molecule has 0 saturated carbocycles. The summed E-state index contributed by atoms with van der Waals surface area (Å²) in [6.45, 7) is 3.16. The lowest BCUT2D eigenvalue weighted by atomic mass is 10.1. The van der Waals surface area contributed by atoms with Gasteiger partial charge in [0.2, 0.25) is 5.91 Å². The summed E-state index contributed by atoms with van der Waals surface area (Å²) in [7, 11) is 0. The molecule has 0 unspecified atom stereocenters. The molecule has 1 aromatic rings. The van der Waals surface area contributed by atoms with Crippen LogP contribution in [-0.4, -0.2) is 25.2 Å². The molecular weight excluding hydrogens is 216 g/mol. The Balaban J connectivity index is 1.97. The van der Waals surface area contributed by atoms with Crippen LogP contribution >= 0.6 is 0 Å². The van der Waals surface area contributed by atoms with E-state index in [0.29, 0.717) is 6.04 Å². The molecule has 4 nitrogen and oxygen atoms in total. The van der Waals surface area contributed by atoms with Crippen LogP contribution in [0.2, 0.25) is 0 Å². The van der Waals surface area contributed by atoms with Gasteiger partial charge in [0.05, 0.1) is 0 Å². The van der Waals surface area contributed by atoms with Gasteiger partial charge in [-0.25, -0.2) is 0 Å². The van der Waals surface area contributed by atoms with E-state index in [0.717, 1.165) is 37.4 Å². The van der Waals surface area contributed by atoms with Gasteiger partial charge in [-0.1, -0.05) is 6.07 Å². The van der Waals surface area contributed by atoms with E-state index in [1.807, 2.05) is 24.3 Å². The van der Waals surface area contributed by atoms with E-state index in [9.17, 15) is 4.79 Å². The number of carbonyl (C=O) groups excluding carboxylic acids is 1. The van der Waals surface area contributed by atoms with Crippen LogP contribution in [0.4, 0.5) is 11.4 Å². The molecule has 1 heterocycles. The predicted molar refractivity (Wildman–Crippen MR) is 68.2 cm³/mol. The zero-order valence-corrected chi connectivity index (χ0v) is 10.0. The number of hydrogen-bond acceptors (Lipinski definition) is 3. The van der Waals surface area contributed by atoms with Crippen LogP contribution in [0, 0.1) is 0 Å². The number of carbonyl (C=O) groups is 1. The maximum Gasteiger partial charge on any atom is 0.221 e. The second-order valence-electron chi connectivity index (χ2n) is 4.29. The Labute approximate surface area is 101 Å². The van der Waals surface area contributed by atoms with E-state index in [-0.39, 0.29) is 5.91 Å². The molecule has 1 saturated heterocycles. The summed E-state index contributed by atoms with van der Waals surface area (Å²) in [6, 6.07) is 8.26. The molecule has 1 amide bonds. The number of benzene rings is 1. The highest BCUT2D eigenvalue weighted by Crippen LogP contribution is 2.18. The average Bonchev–Trinajstić information content (AvgIpc) is 2.30. The molecule has 0 aromatic heterocycles. The smallest absolute Gasteiger partial charge is 0.221 e. The quantitative estimate of drug-likeness (QED) is 0.843. The monoisotopic (exact) mass is 234 g/mol. The van der Waals surface area contributed by atoms with Gasteiger partial charge in [-0.05, 0) is 31.0 Å². The molecular formula is C13H18N2O2. The molecule has 1 aliphatic rings. The largest absolute Gasteiger partial charge is 0.382 e. The second kappa shape index (κ2) is 5.68. The zero-order chi connectivity index (χ0) is 12.1. The fraction of sp³-hybridized carbons (Fsp3) is 0.462. The van der Waals surface area contributed by atoms with Gasteiger partial charge in [0.25, 0.3) is 0 Å². The standard InChI is InChI=1S/C13H18N2O2/c1-10(16)14-12-3-2-4-13(9-12)15-11-5-7-17-8-6-11/h2-4,9,11,15H,5-8H2,1H3,(H,14,16). The number of amides is 1. The highest BCUT2D eigenvalue weighted by atomic mass is 16.5. The third-order valence-electron chi connectivity index (χ3n) is 2.78. The van der Waals surface area contributed by atoms with Crippen molar-refractivity contribution in [2.75, 3.05) is 23.8 Å². The first-order chi connectivity index (χ1) is 8.24. The Morgan fingerprint density at radius 1 is 1.29 bits per heavy atom. The number of ether oxygens (including phenoxy) is 1. The molecule has 0 aliphatic carbocycles. The molecule has 0 radical (unpaired) electrons. The van der Waals surface area contributed by atoms with E-state index in [2.05, 4.69) is 10.6 Å². The van der Waals surface area contributed by atoms with Gasteiger partial charge in [-0.3, -0.25) is 4.79 Å². The Morgan fingerprint density at radius 3 is 2.71 bits per heavy atom. The van der Waals surface area contributed by atoms with Gasteiger partial charge in [-0.2, -0.15) is 0 Å². The summed E-state index contributed by atoms with van der Waals surface area (Å²) in [5.74, 6) is -0.0479. The molecule has 17 heavy (non-hydrogen) atoms. The summed E-state index contributed by atoms with van der Waals surface area (Å²) in [6.07, 6.45) is 2.06. The van der Waals surface area contributed by atoms with Crippen LogP contribution in [0.25, 0.3) is 0 Å². The molecule has 1 fully saturated rings. The maximum absolute atomic E-state index is 11.0. The molecule has 0 atom stereocenters. The van der Waals surface area contributed by atoms with E-state index in [1.54, 1.807) is 0 Å². The minimum absolute atomic E-state index is 0.0479. The fourth-order valence-corrected chi connectivity index (χ4v) is 1.97. The summed E-state index contributed by atoms with van der Waals surface area (Å²) >= 11 is 0. The maximum atomic E-state index is 11.0. The van der Waals surface area contributed by atoms with Gasteiger partial charge in [0.15, 0.2) is 0 Å². The van der Waals surface area contributed by atoms with Crippen molar-refractivity contribution in [1.29, 1.82) is 0 Å². The first-order valence-electron chi connectivity index (χ1n) is 5.96. The Kier molecular flexibility index (Phi) is 3.98. The lowest BCUT2D eigenvalue weighted by Gasteiger charge is -2.24. The number of rotatable bonds is 3. The van der Waals surface area contributed by atoms with Crippen LogP contribution in [-0.2, 0) is 9.53 Å². The molecule has 0 spiro atoms. The molecule has 1 aromatic carbocycles. The van der Waals surface area contributed by atoms with E-state index < -0.39 is 0 Å². The Hall–Kier alpha value is -1.55. The molecule has 0 bridgehead atoms. The van der Waals surface area contributed by atoms with Crippen molar-refractivity contribution in [1.82, 2.24) is 0 Å². The molecule has 2 rings (SSSR count). The van der Waals surface area contributed by atoms with Crippen LogP contribution in [0.5, 0.6) is 0 Å². The Morgan fingerprint density at radius 2 is 2.00 bits per heavy atom. The number of hydrogen-bond donors (Lipinski definition) is 2. The minimum Gasteiger partial charge on any atom is -0.382 e. The molecule has 92 valence electrons. The summed E-state index contributed by atoms with van der Waals surface area (Å²) in [5.41, 5.74) is 1.87. The van der Waals surface area contributed by atoms with Gasteiger partial charge >= 0.3 is 0 Å². The summed E-state index contributed by atoms with van der Waals surface area (Å²) in [4.78, 5) is 11.0. The van der Waals surface area contributed by atoms with Gasteiger partial charge in [0, 0.05) is 37.6 Å². The highest BCUT2D eigenvalue weighted by Gasteiger charge is 2.13. The van der Waals surface area contributed by atoms with Crippen LogP contribution in [0.1, 0.15) is 19.8 Å². The SMILES string of the molecule is CC(=O)Nc1cccc(NC2CCOCC2)c1. The normalized spacial score (nSPS) is 16.5. The van der Waals surface area contributed by atoms with E-state index in [4.69, 9.17) is 4.74 Å². The topological polar surface area (TPSA) is 50.4 Å². The van der Waals surface area contributed by atoms with Crippen molar-refractivity contribution >= 4 is 17.3 Å². The lowest BCUT2D eigenvalue weighted by Crippen LogP contribution is -2.27. The number of anilines is 2. The zero-order valence-electron chi connectivity index (χ0n) is 10.0. The van der Waals surface area contributed by atoms with Crippen LogP contribution in [0.3, 0.4) is 0 Å². The van der Waals surface area contributed by atoms with Crippen LogP contribution < -0.4 is 10.6 Å². The van der Waals surface area contributed by atoms with Crippen molar-refractivity contribution < 1.29 is 9.53 Å². The van der Waals surface area contributed by atoms with Crippen molar-refractivity contribution in [2.45, 2.75) is 25.8 Å². The molecule has 1 aliphatic heterocycles. The molecule has 4 heteroatoms. The van der Waals surface area contributed by atoms with Crippen molar-refractivity contribution in [3.05, 3.63) is 24.3 Å². The summed E-state index contributed by atoms with van der Waals surface area (Å²) < 4.78 is 5.32. The lowest BCUT2D eigenvalue weighted by molar-refractivity contribution is -0.114. The summed E-state index contributed by atoms with van der Waals surface area (Å²) in [5, 5.41) is 6.24. The molecule has 2 N–H and O–H groups in total. The van der Waals surface area contributed by atoms with Crippen molar-refractivity contribution in [3.8, 4) is 0 Å². The second-order valence-corrected chi connectivity index (χ2v) is 4.29. The minimum atomic E-state index is -0.0479. The highest BCUT2D eigenvalue weighted by molar-refractivity contribution is 5.89. The van der Waals surface area contributed by atoms with Gasteiger partial charge in [-0.15, -0.1) is 0 Å². The third kappa shape index (κ3) is 3.75. The first-order valence-corrected chi connectivity index (χ1v) is 5.96. The van der Waals surface area contributed by atoms with Crippen molar-refractivity contribution in [2.24, 2.45) is 0 Å². The van der Waals surface area contributed by atoms with Crippen molar-refractivity contribution in [3.63, 3.8) is 0 Å². The average molecular weight is 234 g/mol. The number of nitrogens with one attached hydrogen (secondary N) is 2. The van der Waals surface area contributed by atoms with Crippen LogP contribution in [0.15, 0.2) is 24.3 Å².